The molecule has 1 aromatic carbocycles. The van der Waals surface area contributed by atoms with Gasteiger partial charge in [0.2, 0.25) is 11.8 Å². The number of nitrogens with one attached hydrogen (secondary N) is 1. The Bertz CT molecular complexity index is 792. The molecule has 0 spiro atoms. The second-order valence-electron chi connectivity index (χ2n) is 6.07. The molecule has 1 aliphatic rings. The predicted octanol–water partition coefficient (Wildman–Crippen LogP) is 2.29. The van der Waals surface area contributed by atoms with Crippen molar-refractivity contribution >= 4 is 5.82 Å². The van der Waals surface area contributed by atoms with E-state index in [1.165, 1.54) is 6.42 Å². The van der Waals surface area contributed by atoms with Crippen LogP contribution in [-0.4, -0.2) is 39.5 Å². The van der Waals surface area contributed by atoms with Gasteiger partial charge in [-0.2, -0.15) is 5.10 Å². The highest BCUT2D eigenvalue weighted by Crippen LogP contribution is 2.22. The number of aromatic nitrogens is 4. The van der Waals surface area contributed by atoms with Crippen molar-refractivity contribution in [2.45, 2.75) is 25.4 Å². The van der Waals surface area contributed by atoms with Crippen LogP contribution in [0.3, 0.4) is 0 Å². The molecule has 0 saturated carbocycles. The summed E-state index contributed by atoms with van der Waals surface area (Å²) in [6.45, 7) is 2.42. The van der Waals surface area contributed by atoms with E-state index in [1.807, 2.05) is 42.5 Å². The molecule has 0 aliphatic carbocycles. The Morgan fingerprint density at radius 2 is 2.00 bits per heavy atom. The second kappa shape index (κ2) is 7.40. The molecule has 1 aliphatic heterocycles. The molecule has 1 saturated heterocycles. The van der Waals surface area contributed by atoms with Gasteiger partial charge in [-0.05, 0) is 37.1 Å². The van der Waals surface area contributed by atoms with Crippen LogP contribution in [0.15, 0.2) is 53.1 Å². The van der Waals surface area contributed by atoms with Gasteiger partial charge in [-0.15, -0.1) is 15.3 Å². The first-order chi connectivity index (χ1) is 12.4. The summed E-state index contributed by atoms with van der Waals surface area (Å²) >= 11 is 0. The highest BCUT2D eigenvalue weighted by Gasteiger charge is 2.25. The maximum atomic E-state index is 5.73. The van der Waals surface area contributed by atoms with Gasteiger partial charge >= 0.3 is 0 Å². The third-order valence-electron chi connectivity index (χ3n) is 4.37. The molecule has 1 N–H and O–H groups in total. The summed E-state index contributed by atoms with van der Waals surface area (Å²) in [5, 5.41) is 19.9. The maximum absolute atomic E-state index is 5.73. The minimum absolute atomic E-state index is 0.410. The highest BCUT2D eigenvalue weighted by atomic mass is 16.4. The summed E-state index contributed by atoms with van der Waals surface area (Å²) in [4.78, 5) is 2.31. The quantitative estimate of drug-likeness (QED) is 0.739. The van der Waals surface area contributed by atoms with Crippen molar-refractivity contribution in [1.29, 1.82) is 0 Å². The number of hydrogen-bond acceptors (Lipinski definition) is 7. The van der Waals surface area contributed by atoms with Crippen molar-refractivity contribution in [3.63, 3.8) is 0 Å². The molecule has 128 valence electrons. The average molecular weight is 336 g/mol. The second-order valence-corrected chi connectivity index (χ2v) is 6.07. The lowest BCUT2D eigenvalue weighted by Crippen LogP contribution is -2.38. The molecular weight excluding hydrogens is 316 g/mol. The standard InChI is InChI=1S/C18H20N6O/c1-2-6-14(7-3-1)18-23-22-17(25-18)13-19-12-15-8-5-11-24(15)16-9-4-10-20-21-16/h1-4,6-7,9-10,15,19H,5,8,11-13H2/t15-/m1/s1. The molecule has 0 unspecified atom stereocenters. The van der Waals surface area contributed by atoms with Crippen LogP contribution in [0.25, 0.3) is 11.5 Å². The Balaban J connectivity index is 1.33. The zero-order valence-corrected chi connectivity index (χ0v) is 13.9. The van der Waals surface area contributed by atoms with Crippen LogP contribution in [0, 0.1) is 0 Å². The topological polar surface area (TPSA) is 80.0 Å². The normalized spacial score (nSPS) is 17.1. The van der Waals surface area contributed by atoms with E-state index >= 15 is 0 Å². The molecule has 1 atom stereocenters. The minimum Gasteiger partial charge on any atom is -0.419 e. The zero-order valence-electron chi connectivity index (χ0n) is 13.9. The van der Waals surface area contributed by atoms with Gasteiger partial charge in [-0.3, -0.25) is 0 Å². The van der Waals surface area contributed by atoms with Gasteiger partial charge in [-0.1, -0.05) is 18.2 Å². The fourth-order valence-electron chi connectivity index (χ4n) is 3.16. The molecule has 1 fully saturated rings. The van der Waals surface area contributed by atoms with E-state index in [4.69, 9.17) is 4.42 Å². The fraction of sp³-hybridized carbons (Fsp3) is 0.333. The molecule has 3 heterocycles. The van der Waals surface area contributed by atoms with E-state index in [9.17, 15) is 0 Å². The van der Waals surface area contributed by atoms with Crippen molar-refractivity contribution in [1.82, 2.24) is 25.7 Å². The highest BCUT2D eigenvalue weighted by molar-refractivity contribution is 5.51. The van der Waals surface area contributed by atoms with E-state index in [2.05, 4.69) is 30.6 Å². The summed E-state index contributed by atoms with van der Waals surface area (Å²) in [7, 11) is 0. The Kier molecular flexibility index (Phi) is 4.65. The summed E-state index contributed by atoms with van der Waals surface area (Å²) in [6, 6.07) is 14.1. The van der Waals surface area contributed by atoms with E-state index in [0.717, 1.165) is 30.9 Å². The van der Waals surface area contributed by atoms with Crippen LogP contribution in [0.1, 0.15) is 18.7 Å². The molecule has 0 amide bonds. The van der Waals surface area contributed by atoms with Crippen LogP contribution in [0.4, 0.5) is 5.82 Å². The van der Waals surface area contributed by atoms with Crippen molar-refractivity contribution in [2.75, 3.05) is 18.0 Å². The molecule has 25 heavy (non-hydrogen) atoms. The van der Waals surface area contributed by atoms with Gasteiger partial charge < -0.3 is 14.6 Å². The van der Waals surface area contributed by atoms with Gasteiger partial charge in [0, 0.05) is 30.9 Å². The summed E-state index contributed by atoms with van der Waals surface area (Å²) < 4.78 is 5.73. The number of nitrogens with zero attached hydrogens (tertiary/aromatic N) is 5. The van der Waals surface area contributed by atoms with E-state index in [0.29, 0.717) is 24.4 Å². The summed E-state index contributed by atoms with van der Waals surface area (Å²) in [5.74, 6) is 2.10. The monoisotopic (exact) mass is 336 g/mol. The maximum Gasteiger partial charge on any atom is 0.247 e. The van der Waals surface area contributed by atoms with E-state index in [-0.39, 0.29) is 0 Å². The molecule has 3 aromatic rings. The van der Waals surface area contributed by atoms with Crippen LogP contribution >= 0.6 is 0 Å². The third kappa shape index (κ3) is 3.66. The Labute approximate surface area is 146 Å². The number of anilines is 1. The molecular formula is C18H20N6O. The lowest BCUT2D eigenvalue weighted by atomic mass is 10.2. The van der Waals surface area contributed by atoms with Gasteiger partial charge in [0.15, 0.2) is 5.82 Å². The lowest BCUT2D eigenvalue weighted by molar-refractivity contribution is 0.465. The predicted molar refractivity (Wildman–Crippen MR) is 93.8 cm³/mol. The Hall–Kier alpha value is -2.80. The summed E-state index contributed by atoms with van der Waals surface area (Å²) in [6.07, 6.45) is 4.01. The van der Waals surface area contributed by atoms with Crippen LogP contribution in [0.5, 0.6) is 0 Å². The first-order valence-electron chi connectivity index (χ1n) is 8.53. The van der Waals surface area contributed by atoms with Crippen LogP contribution < -0.4 is 10.2 Å². The number of benzene rings is 1. The lowest BCUT2D eigenvalue weighted by Gasteiger charge is -2.25. The molecule has 0 bridgehead atoms. The largest absolute Gasteiger partial charge is 0.419 e. The van der Waals surface area contributed by atoms with Gasteiger partial charge in [0.25, 0.3) is 0 Å². The first kappa shape index (κ1) is 15.7. The number of hydrogen-bond donors (Lipinski definition) is 1. The molecule has 0 radical (unpaired) electrons. The van der Waals surface area contributed by atoms with Crippen molar-refractivity contribution in [3.8, 4) is 11.5 Å². The fourth-order valence-corrected chi connectivity index (χ4v) is 3.16. The van der Waals surface area contributed by atoms with Crippen molar-refractivity contribution < 1.29 is 4.42 Å². The smallest absolute Gasteiger partial charge is 0.247 e. The molecule has 7 heteroatoms. The van der Waals surface area contributed by atoms with Gasteiger partial charge in [-0.25, -0.2) is 0 Å². The van der Waals surface area contributed by atoms with Crippen molar-refractivity contribution in [2.24, 2.45) is 0 Å². The number of rotatable bonds is 6. The van der Waals surface area contributed by atoms with Crippen LogP contribution in [-0.2, 0) is 6.54 Å². The van der Waals surface area contributed by atoms with Gasteiger partial charge in [0.05, 0.1) is 6.54 Å². The summed E-state index contributed by atoms with van der Waals surface area (Å²) in [5.41, 5.74) is 0.936. The average Bonchev–Trinajstić information content (AvgIpc) is 3.33. The van der Waals surface area contributed by atoms with E-state index in [1.54, 1.807) is 6.20 Å². The first-order valence-corrected chi connectivity index (χ1v) is 8.53. The SMILES string of the molecule is c1ccc(-c2nnc(CNC[C@H]3CCCN3c3cccnn3)o2)cc1. The zero-order chi connectivity index (χ0) is 16.9. The van der Waals surface area contributed by atoms with E-state index < -0.39 is 0 Å². The van der Waals surface area contributed by atoms with Crippen molar-refractivity contribution in [3.05, 3.63) is 54.6 Å². The van der Waals surface area contributed by atoms with Crippen LogP contribution in [0.2, 0.25) is 0 Å². The van der Waals surface area contributed by atoms with Gasteiger partial charge in [0.1, 0.15) is 0 Å². The molecule has 4 rings (SSSR count). The third-order valence-corrected chi connectivity index (χ3v) is 4.37. The Morgan fingerprint density at radius 3 is 2.84 bits per heavy atom. The molecule has 7 nitrogen and oxygen atoms in total. The molecule has 2 aromatic heterocycles. The Morgan fingerprint density at radius 1 is 1.08 bits per heavy atom. The minimum atomic E-state index is 0.410.